The molecule has 1 aromatic heterocycles. The number of unbranched alkanes of at least 4 members (excludes halogenated alkanes) is 5. The topological polar surface area (TPSA) is 149 Å². The van der Waals surface area contributed by atoms with Crippen LogP contribution in [0.2, 0.25) is 0 Å². The molecular weight excluding hydrogens is 380 g/mol. The van der Waals surface area contributed by atoms with Gasteiger partial charge in [0.15, 0.2) is 5.82 Å². The summed E-state index contributed by atoms with van der Waals surface area (Å²) in [5.74, 6) is 0.0981. The van der Waals surface area contributed by atoms with Crippen LogP contribution in [0.1, 0.15) is 63.3 Å². The summed E-state index contributed by atoms with van der Waals surface area (Å²) in [6.45, 7) is 2.56. The Morgan fingerprint density at radius 1 is 1.20 bits per heavy atom. The number of nitrogens with zero attached hydrogens (tertiary/aromatic N) is 6. The Labute approximate surface area is 177 Å². The fourth-order valence-electron chi connectivity index (χ4n) is 2.93. The van der Waals surface area contributed by atoms with Gasteiger partial charge in [-0.05, 0) is 42.4 Å². The Bertz CT molecular complexity index is 866. The number of benzene rings is 1. The molecule has 0 bridgehead atoms. The van der Waals surface area contributed by atoms with E-state index in [1.54, 1.807) is 24.3 Å². The van der Waals surface area contributed by atoms with E-state index in [0.29, 0.717) is 36.5 Å². The Morgan fingerprint density at radius 3 is 2.57 bits per heavy atom. The molecule has 0 saturated carbocycles. The van der Waals surface area contributed by atoms with E-state index < -0.39 is 6.04 Å². The number of carbonyl (C=O) groups excluding carboxylic acids is 1. The molecule has 30 heavy (non-hydrogen) atoms. The van der Waals surface area contributed by atoms with Crippen LogP contribution in [0.25, 0.3) is 0 Å². The minimum absolute atomic E-state index is 0.00830. The summed E-state index contributed by atoms with van der Waals surface area (Å²) in [5.41, 5.74) is 12.7. The predicted octanol–water partition coefficient (Wildman–Crippen LogP) is 2.27. The van der Waals surface area contributed by atoms with Crippen molar-refractivity contribution >= 4 is 17.3 Å². The molecule has 4 N–H and O–H groups in total. The van der Waals surface area contributed by atoms with E-state index >= 15 is 0 Å². The molecule has 0 aliphatic rings. The summed E-state index contributed by atoms with van der Waals surface area (Å²) < 4.78 is 0. The zero-order valence-corrected chi connectivity index (χ0v) is 17.5. The quantitative estimate of drug-likeness (QED) is 0.309. The van der Waals surface area contributed by atoms with E-state index in [1.165, 1.54) is 19.3 Å². The lowest BCUT2D eigenvalue weighted by Crippen LogP contribution is -2.40. The molecule has 0 spiro atoms. The minimum Gasteiger partial charge on any atom is -0.330 e. The van der Waals surface area contributed by atoms with Crippen molar-refractivity contribution in [2.75, 3.05) is 6.54 Å². The second-order valence-electron chi connectivity index (χ2n) is 7.16. The number of tetrazole rings is 1. The molecule has 9 nitrogen and oxygen atoms in total. The summed E-state index contributed by atoms with van der Waals surface area (Å²) in [6.07, 6.45) is 7.73. The highest BCUT2D eigenvalue weighted by molar-refractivity contribution is 6.41. The molecule has 1 aromatic carbocycles. The number of nitrogens with two attached hydrogens (primary N) is 2. The van der Waals surface area contributed by atoms with Gasteiger partial charge in [-0.3, -0.25) is 4.79 Å². The molecule has 1 atom stereocenters. The Balaban J connectivity index is 2.16. The fourth-order valence-corrected chi connectivity index (χ4v) is 2.93. The van der Waals surface area contributed by atoms with Crippen LogP contribution in [0.3, 0.4) is 0 Å². The number of aliphatic imine (C=N–C) groups is 1. The van der Waals surface area contributed by atoms with E-state index in [-0.39, 0.29) is 11.6 Å². The first-order chi connectivity index (χ1) is 14.6. The fraction of sp³-hybridized carbons (Fsp3) is 0.524. The standard InChI is InChI=1S/C21H30N8O/c1-2-3-4-5-6-7-8-18(24)20(30)21(29-27-19(13-14-22)26-28-29)25-17-11-9-16(15-23)10-12-17/h9-12,18H,2-8,13-14,22,24H2,1H3. The molecule has 1 unspecified atom stereocenters. The Kier molecular flexibility index (Phi) is 9.77. The Morgan fingerprint density at radius 2 is 1.90 bits per heavy atom. The summed E-state index contributed by atoms with van der Waals surface area (Å²) in [6, 6.07) is 7.93. The van der Waals surface area contributed by atoms with Gasteiger partial charge >= 0.3 is 0 Å². The second kappa shape index (κ2) is 12.6. The molecule has 0 aliphatic carbocycles. The van der Waals surface area contributed by atoms with Crippen LogP contribution in [0.15, 0.2) is 29.3 Å². The van der Waals surface area contributed by atoms with Gasteiger partial charge in [-0.1, -0.05) is 45.4 Å². The molecule has 2 aromatic rings. The average molecular weight is 411 g/mol. The normalized spacial score (nSPS) is 12.5. The molecule has 0 radical (unpaired) electrons. The lowest BCUT2D eigenvalue weighted by atomic mass is 10.0. The number of carbonyl (C=O) groups is 1. The number of aromatic nitrogens is 4. The van der Waals surface area contributed by atoms with Gasteiger partial charge in [0.05, 0.1) is 23.4 Å². The monoisotopic (exact) mass is 410 g/mol. The third-order valence-corrected chi connectivity index (χ3v) is 4.67. The number of nitriles is 1. The average Bonchev–Trinajstić information content (AvgIpc) is 3.22. The van der Waals surface area contributed by atoms with Crippen molar-refractivity contribution in [1.82, 2.24) is 20.2 Å². The van der Waals surface area contributed by atoms with Crippen LogP contribution in [0, 0.1) is 11.3 Å². The smallest absolute Gasteiger partial charge is 0.221 e. The van der Waals surface area contributed by atoms with Crippen molar-refractivity contribution < 1.29 is 4.79 Å². The predicted molar refractivity (Wildman–Crippen MR) is 115 cm³/mol. The Hall–Kier alpha value is -2.96. The van der Waals surface area contributed by atoms with E-state index in [1.807, 2.05) is 0 Å². The first kappa shape index (κ1) is 23.3. The summed E-state index contributed by atoms with van der Waals surface area (Å²) >= 11 is 0. The number of Topliss-reactive ketones (excluding diaryl/α,β-unsaturated/α-hetero) is 1. The van der Waals surface area contributed by atoms with Gasteiger partial charge in [0.1, 0.15) is 0 Å². The lowest BCUT2D eigenvalue weighted by Gasteiger charge is -2.11. The number of hydrogen-bond donors (Lipinski definition) is 2. The lowest BCUT2D eigenvalue weighted by molar-refractivity contribution is -0.114. The van der Waals surface area contributed by atoms with Crippen LogP contribution in [0.4, 0.5) is 5.69 Å². The molecule has 2 rings (SSSR count). The molecule has 1 heterocycles. The van der Waals surface area contributed by atoms with E-state index in [9.17, 15) is 4.79 Å². The third kappa shape index (κ3) is 7.13. The van der Waals surface area contributed by atoms with Gasteiger partial charge in [0.2, 0.25) is 11.6 Å². The van der Waals surface area contributed by atoms with Crippen LogP contribution in [0.5, 0.6) is 0 Å². The highest BCUT2D eigenvalue weighted by Gasteiger charge is 2.24. The van der Waals surface area contributed by atoms with Crippen molar-refractivity contribution in [2.45, 2.75) is 64.3 Å². The van der Waals surface area contributed by atoms with Gasteiger partial charge in [0.25, 0.3) is 0 Å². The minimum atomic E-state index is -0.697. The first-order valence-corrected chi connectivity index (χ1v) is 10.5. The third-order valence-electron chi connectivity index (χ3n) is 4.67. The maximum Gasteiger partial charge on any atom is 0.221 e. The van der Waals surface area contributed by atoms with Crippen molar-refractivity contribution in [2.24, 2.45) is 16.5 Å². The van der Waals surface area contributed by atoms with Crippen LogP contribution < -0.4 is 11.5 Å². The van der Waals surface area contributed by atoms with Crippen molar-refractivity contribution in [1.29, 1.82) is 5.26 Å². The van der Waals surface area contributed by atoms with E-state index in [4.69, 9.17) is 16.7 Å². The van der Waals surface area contributed by atoms with Crippen molar-refractivity contribution in [3.8, 4) is 6.07 Å². The SMILES string of the molecule is CCCCCCCCC(N)C(=O)C(=Nc1ccc(C#N)cc1)n1nnc(CCN)n1. The first-order valence-electron chi connectivity index (χ1n) is 10.5. The van der Waals surface area contributed by atoms with Crippen molar-refractivity contribution in [3.05, 3.63) is 35.7 Å². The summed E-state index contributed by atoms with van der Waals surface area (Å²) in [4.78, 5) is 18.6. The molecule has 0 amide bonds. The van der Waals surface area contributed by atoms with E-state index in [0.717, 1.165) is 24.1 Å². The van der Waals surface area contributed by atoms with Gasteiger partial charge < -0.3 is 11.5 Å². The van der Waals surface area contributed by atoms with Crippen molar-refractivity contribution in [3.63, 3.8) is 0 Å². The maximum absolute atomic E-state index is 13.0. The molecule has 9 heteroatoms. The van der Waals surface area contributed by atoms with Gasteiger partial charge in [-0.2, -0.15) is 5.26 Å². The van der Waals surface area contributed by atoms with Crippen LogP contribution >= 0.6 is 0 Å². The van der Waals surface area contributed by atoms with Gasteiger partial charge in [0, 0.05) is 6.42 Å². The van der Waals surface area contributed by atoms with E-state index in [2.05, 4.69) is 33.4 Å². The largest absolute Gasteiger partial charge is 0.330 e. The van der Waals surface area contributed by atoms with Crippen LogP contribution in [-0.4, -0.2) is 44.4 Å². The van der Waals surface area contributed by atoms with Crippen LogP contribution in [-0.2, 0) is 11.2 Å². The number of hydrogen-bond acceptors (Lipinski definition) is 8. The zero-order chi connectivity index (χ0) is 21.8. The summed E-state index contributed by atoms with van der Waals surface area (Å²) in [5, 5.41) is 21.1. The van der Waals surface area contributed by atoms with Gasteiger partial charge in [-0.15, -0.1) is 15.0 Å². The van der Waals surface area contributed by atoms with Gasteiger partial charge in [-0.25, -0.2) is 4.99 Å². The second-order valence-corrected chi connectivity index (χ2v) is 7.16. The highest BCUT2D eigenvalue weighted by atomic mass is 16.1. The molecular formula is C21H30N8O. The zero-order valence-electron chi connectivity index (χ0n) is 17.5. The molecule has 160 valence electrons. The number of ketones is 1. The summed E-state index contributed by atoms with van der Waals surface area (Å²) in [7, 11) is 0. The maximum atomic E-state index is 13.0. The molecule has 0 saturated heterocycles. The molecule has 0 fully saturated rings. The highest BCUT2D eigenvalue weighted by Crippen LogP contribution is 2.15. The molecule has 0 aliphatic heterocycles. The number of rotatable bonds is 12.